The van der Waals surface area contributed by atoms with Gasteiger partial charge in [0.2, 0.25) is 0 Å². The topological polar surface area (TPSA) is 71.4 Å². The smallest absolute Gasteiger partial charge is 0.167 e. The highest BCUT2D eigenvalue weighted by Gasteiger charge is 2.40. The van der Waals surface area contributed by atoms with Crippen LogP contribution in [0.25, 0.3) is 0 Å². The Labute approximate surface area is 110 Å². The molecule has 1 aliphatic rings. The first-order valence-corrected chi connectivity index (χ1v) is 8.65. The van der Waals surface area contributed by atoms with E-state index in [1.54, 1.807) is 13.8 Å². The molecule has 0 aliphatic heterocycles. The maximum absolute atomic E-state index is 12.3. The van der Waals surface area contributed by atoms with Crippen molar-refractivity contribution < 1.29 is 18.3 Å². The number of ketones is 1. The van der Waals surface area contributed by atoms with Crippen molar-refractivity contribution in [3.63, 3.8) is 0 Å². The largest absolute Gasteiger partial charge is 0.382 e. The maximum Gasteiger partial charge on any atom is 0.167 e. The van der Waals surface area contributed by atoms with E-state index in [1.165, 1.54) is 6.26 Å². The molecule has 5 heteroatoms. The summed E-state index contributed by atoms with van der Waals surface area (Å²) >= 11 is 0. The zero-order valence-corrected chi connectivity index (χ0v) is 12.3. The van der Waals surface area contributed by atoms with Crippen molar-refractivity contribution in [2.75, 3.05) is 6.26 Å². The Morgan fingerprint density at radius 2 is 1.83 bits per heavy atom. The van der Waals surface area contributed by atoms with Crippen LogP contribution in [0, 0.1) is 5.92 Å². The van der Waals surface area contributed by atoms with Crippen LogP contribution in [0.3, 0.4) is 0 Å². The summed E-state index contributed by atoms with van der Waals surface area (Å²) in [5.74, 6) is -0.468. The number of sulfone groups is 1. The zero-order chi connectivity index (χ0) is 14.0. The van der Waals surface area contributed by atoms with E-state index in [1.807, 2.05) is 0 Å². The molecule has 18 heavy (non-hydrogen) atoms. The number of rotatable bonds is 5. The van der Waals surface area contributed by atoms with Gasteiger partial charge >= 0.3 is 0 Å². The first-order valence-electron chi connectivity index (χ1n) is 6.70. The van der Waals surface area contributed by atoms with Gasteiger partial charge in [-0.3, -0.25) is 4.79 Å². The zero-order valence-electron chi connectivity index (χ0n) is 11.5. The average Bonchev–Trinajstić information content (AvgIpc) is 2.36. The minimum absolute atomic E-state index is 0.166. The monoisotopic (exact) mass is 276 g/mol. The van der Waals surface area contributed by atoms with Gasteiger partial charge in [-0.15, -0.1) is 0 Å². The summed E-state index contributed by atoms with van der Waals surface area (Å²) in [5.41, 5.74) is -1.27. The lowest BCUT2D eigenvalue weighted by molar-refractivity contribution is -0.143. The van der Waals surface area contributed by atoms with Crippen LogP contribution < -0.4 is 0 Å². The molecule has 1 aliphatic carbocycles. The molecule has 106 valence electrons. The highest BCUT2D eigenvalue weighted by atomic mass is 32.2. The van der Waals surface area contributed by atoms with Gasteiger partial charge in [-0.2, -0.15) is 0 Å². The molecule has 0 aromatic rings. The van der Waals surface area contributed by atoms with Gasteiger partial charge in [0, 0.05) is 12.2 Å². The summed E-state index contributed by atoms with van der Waals surface area (Å²) in [4.78, 5) is 12.3. The summed E-state index contributed by atoms with van der Waals surface area (Å²) in [5, 5.41) is 9.82. The molecule has 4 nitrogen and oxygen atoms in total. The minimum atomic E-state index is -3.09. The van der Waals surface area contributed by atoms with E-state index in [9.17, 15) is 18.3 Å². The Bertz CT molecular complexity index is 395. The second-order valence-electron chi connectivity index (χ2n) is 5.42. The van der Waals surface area contributed by atoms with Crippen molar-refractivity contribution in [1.29, 1.82) is 0 Å². The first kappa shape index (κ1) is 15.6. The van der Waals surface area contributed by atoms with Gasteiger partial charge < -0.3 is 5.11 Å². The molecular weight excluding hydrogens is 252 g/mol. The Balaban J connectivity index is 2.82. The van der Waals surface area contributed by atoms with Crippen LogP contribution in [0.2, 0.25) is 0 Å². The summed E-state index contributed by atoms with van der Waals surface area (Å²) in [7, 11) is -3.09. The summed E-state index contributed by atoms with van der Waals surface area (Å²) in [6.45, 7) is 3.58. The molecular formula is C13H24O4S. The number of hydrogen-bond acceptors (Lipinski definition) is 4. The lowest BCUT2D eigenvalue weighted by Crippen LogP contribution is -2.44. The summed E-state index contributed by atoms with van der Waals surface area (Å²) < 4.78 is 23.1. The van der Waals surface area contributed by atoms with Gasteiger partial charge in [0.1, 0.15) is 15.4 Å². The van der Waals surface area contributed by atoms with Crippen LogP contribution in [0.1, 0.15) is 52.4 Å². The van der Waals surface area contributed by atoms with Crippen molar-refractivity contribution in [3.05, 3.63) is 0 Å². The third-order valence-corrected chi connectivity index (χ3v) is 5.87. The molecule has 1 N–H and O–H groups in total. The third kappa shape index (κ3) is 3.32. The molecule has 2 atom stereocenters. The van der Waals surface area contributed by atoms with E-state index in [-0.39, 0.29) is 11.7 Å². The van der Waals surface area contributed by atoms with Gasteiger partial charge in [0.25, 0.3) is 0 Å². The van der Waals surface area contributed by atoms with Crippen LogP contribution in [0.5, 0.6) is 0 Å². The fourth-order valence-corrected chi connectivity index (χ4v) is 3.93. The Kier molecular flexibility index (Phi) is 4.95. The van der Waals surface area contributed by atoms with Crippen LogP contribution >= 0.6 is 0 Å². The first-order chi connectivity index (χ1) is 8.24. The van der Waals surface area contributed by atoms with E-state index in [4.69, 9.17) is 0 Å². The van der Waals surface area contributed by atoms with E-state index < -0.39 is 20.7 Å². The number of hydrogen-bond donors (Lipinski definition) is 1. The average molecular weight is 276 g/mol. The van der Waals surface area contributed by atoms with Crippen molar-refractivity contribution in [1.82, 2.24) is 0 Å². The van der Waals surface area contributed by atoms with E-state index in [0.717, 1.165) is 6.42 Å². The fraction of sp³-hybridized carbons (Fsp3) is 0.923. The van der Waals surface area contributed by atoms with E-state index >= 15 is 0 Å². The van der Waals surface area contributed by atoms with Crippen LogP contribution in [0.15, 0.2) is 0 Å². The Hall–Kier alpha value is -0.420. The second-order valence-corrected chi connectivity index (χ2v) is 7.74. The second kappa shape index (κ2) is 5.70. The van der Waals surface area contributed by atoms with E-state index in [0.29, 0.717) is 32.1 Å². The maximum atomic E-state index is 12.3. The predicted octanol–water partition coefficient (Wildman–Crippen LogP) is 1.71. The molecule has 0 saturated heterocycles. The highest BCUT2D eigenvalue weighted by Crippen LogP contribution is 2.33. The Morgan fingerprint density at radius 1 is 1.28 bits per heavy atom. The van der Waals surface area contributed by atoms with Gasteiger partial charge in [-0.25, -0.2) is 8.42 Å². The number of carbonyl (C=O) groups is 1. The van der Waals surface area contributed by atoms with Gasteiger partial charge in [0.15, 0.2) is 5.78 Å². The van der Waals surface area contributed by atoms with Crippen LogP contribution in [-0.2, 0) is 14.6 Å². The van der Waals surface area contributed by atoms with Crippen LogP contribution in [0.4, 0.5) is 0 Å². The summed E-state index contributed by atoms with van der Waals surface area (Å²) in [6, 6.07) is 0. The standard InChI is InChI=1S/C13H24O4S/c1-4-13(15,5-2)12(14)10-7-6-8-11(9-10)18(3,16)17/h10-11,15H,4-9H2,1-3H3. The minimum Gasteiger partial charge on any atom is -0.382 e. The molecule has 0 aromatic carbocycles. The van der Waals surface area contributed by atoms with Gasteiger partial charge in [-0.05, 0) is 32.1 Å². The SMILES string of the molecule is CCC(O)(CC)C(=O)C1CCCC(S(C)(=O)=O)C1. The summed E-state index contributed by atoms with van der Waals surface area (Å²) in [6.07, 6.45) is 4.48. The number of carbonyl (C=O) groups excluding carboxylic acids is 1. The molecule has 0 aromatic heterocycles. The lowest BCUT2D eigenvalue weighted by atomic mass is 9.77. The molecule has 0 amide bonds. The highest BCUT2D eigenvalue weighted by molar-refractivity contribution is 7.91. The molecule has 1 saturated carbocycles. The Morgan fingerprint density at radius 3 is 2.28 bits per heavy atom. The molecule has 0 radical (unpaired) electrons. The van der Waals surface area contributed by atoms with Crippen molar-refractivity contribution in [3.8, 4) is 0 Å². The third-order valence-electron chi connectivity index (χ3n) is 4.23. The molecule has 0 heterocycles. The van der Waals surface area contributed by atoms with Crippen molar-refractivity contribution in [2.24, 2.45) is 5.92 Å². The van der Waals surface area contributed by atoms with Gasteiger partial charge in [-0.1, -0.05) is 20.3 Å². The molecule has 2 unspecified atom stereocenters. The predicted molar refractivity (Wildman–Crippen MR) is 71.1 cm³/mol. The van der Waals surface area contributed by atoms with Crippen LogP contribution in [-0.4, -0.2) is 36.4 Å². The molecule has 0 spiro atoms. The molecule has 1 fully saturated rings. The fourth-order valence-electron chi connectivity index (χ4n) is 2.75. The molecule has 0 bridgehead atoms. The quantitative estimate of drug-likeness (QED) is 0.829. The number of Topliss-reactive ketones (excluding diaryl/α,β-unsaturated/α-hetero) is 1. The van der Waals surface area contributed by atoms with Gasteiger partial charge in [0.05, 0.1) is 5.25 Å². The van der Waals surface area contributed by atoms with Crippen molar-refractivity contribution >= 4 is 15.6 Å². The lowest BCUT2D eigenvalue weighted by Gasteiger charge is -2.33. The molecule has 1 rings (SSSR count). The number of aliphatic hydroxyl groups is 1. The van der Waals surface area contributed by atoms with E-state index in [2.05, 4.69) is 0 Å². The van der Waals surface area contributed by atoms with Crippen molar-refractivity contribution in [2.45, 2.75) is 63.2 Å². The normalized spacial score (nSPS) is 26.0.